The number of carbonyl (C=O) groups excluding carboxylic acids is 1. The Balaban J connectivity index is 1.64. The van der Waals surface area contributed by atoms with Crippen LogP contribution in [0, 0.1) is 0 Å². The largest absolute Gasteiger partial charge is 0.505 e. The summed E-state index contributed by atoms with van der Waals surface area (Å²) >= 11 is 6.22. The number of anilines is 1. The van der Waals surface area contributed by atoms with Crippen molar-refractivity contribution in [2.45, 2.75) is 6.54 Å². The number of phenols is 1. The van der Waals surface area contributed by atoms with Gasteiger partial charge in [-0.2, -0.15) is 0 Å². The van der Waals surface area contributed by atoms with Crippen LogP contribution >= 0.6 is 11.6 Å². The Kier molecular flexibility index (Phi) is 4.93. The summed E-state index contributed by atoms with van der Waals surface area (Å²) in [6, 6.07) is 14.5. The first-order valence-electron chi connectivity index (χ1n) is 7.46. The molecule has 1 aromatic heterocycles. The molecule has 6 heteroatoms. The lowest BCUT2D eigenvalue weighted by Gasteiger charge is -2.10. The maximum Gasteiger partial charge on any atom is 0.238 e. The molecule has 1 heterocycles. The predicted molar refractivity (Wildman–Crippen MR) is 95.2 cm³/mol. The number of rotatable bonds is 5. The highest BCUT2D eigenvalue weighted by Gasteiger charge is 2.11. The average Bonchev–Trinajstić information content (AvgIpc) is 2.60. The minimum Gasteiger partial charge on any atom is -0.505 e. The van der Waals surface area contributed by atoms with Gasteiger partial charge in [-0.15, -0.1) is 0 Å². The van der Waals surface area contributed by atoms with E-state index in [0.717, 1.165) is 5.69 Å². The summed E-state index contributed by atoms with van der Waals surface area (Å²) in [4.78, 5) is 16.1. The van der Waals surface area contributed by atoms with Crippen LogP contribution in [-0.2, 0) is 11.3 Å². The van der Waals surface area contributed by atoms with Gasteiger partial charge in [0.1, 0.15) is 11.3 Å². The van der Waals surface area contributed by atoms with Gasteiger partial charge >= 0.3 is 0 Å². The molecule has 0 unspecified atom stereocenters. The third-order valence-corrected chi connectivity index (χ3v) is 3.87. The molecule has 0 spiro atoms. The Labute approximate surface area is 144 Å². The van der Waals surface area contributed by atoms with Gasteiger partial charge in [0.2, 0.25) is 5.91 Å². The molecule has 0 fully saturated rings. The molecule has 5 nitrogen and oxygen atoms in total. The van der Waals surface area contributed by atoms with Crippen LogP contribution < -0.4 is 10.6 Å². The van der Waals surface area contributed by atoms with Crippen molar-refractivity contribution in [3.8, 4) is 5.75 Å². The number of para-hydroxylation sites is 1. The van der Waals surface area contributed by atoms with E-state index in [0.29, 0.717) is 28.0 Å². The first-order chi connectivity index (χ1) is 11.6. The fourth-order valence-electron chi connectivity index (χ4n) is 2.41. The number of benzene rings is 2. The summed E-state index contributed by atoms with van der Waals surface area (Å²) in [6.45, 7) is 0.423. The number of aromatic hydroxyl groups is 1. The van der Waals surface area contributed by atoms with Crippen LogP contribution in [0.25, 0.3) is 10.9 Å². The van der Waals surface area contributed by atoms with Crippen LogP contribution in [0.2, 0.25) is 5.02 Å². The van der Waals surface area contributed by atoms with Gasteiger partial charge in [-0.05, 0) is 30.3 Å². The molecule has 0 saturated heterocycles. The molecule has 0 bridgehead atoms. The molecule has 1 amide bonds. The third kappa shape index (κ3) is 3.64. The number of amides is 1. The monoisotopic (exact) mass is 341 g/mol. The van der Waals surface area contributed by atoms with E-state index in [-0.39, 0.29) is 18.2 Å². The van der Waals surface area contributed by atoms with E-state index in [1.54, 1.807) is 24.4 Å². The standard InChI is InChI=1S/C18H16ClN3O2/c19-15-9-12(18(24)17-14(15)7-4-8-21-17)10-20-11-16(23)22-13-5-2-1-3-6-13/h1-9,20,24H,10-11H2,(H,22,23). The molecule has 3 rings (SSSR count). The lowest BCUT2D eigenvalue weighted by atomic mass is 10.1. The maximum atomic E-state index is 11.9. The van der Waals surface area contributed by atoms with Crippen molar-refractivity contribution in [1.82, 2.24) is 10.3 Å². The van der Waals surface area contributed by atoms with E-state index < -0.39 is 0 Å². The summed E-state index contributed by atoms with van der Waals surface area (Å²) < 4.78 is 0. The summed E-state index contributed by atoms with van der Waals surface area (Å²) in [5.74, 6) is -0.0864. The van der Waals surface area contributed by atoms with Crippen molar-refractivity contribution >= 4 is 34.1 Å². The van der Waals surface area contributed by atoms with Gasteiger partial charge in [0.15, 0.2) is 0 Å². The lowest BCUT2D eigenvalue weighted by Crippen LogP contribution is -2.27. The Hall–Kier alpha value is -2.63. The Bertz CT molecular complexity index is 869. The number of aromatic nitrogens is 1. The van der Waals surface area contributed by atoms with Crippen LogP contribution in [-0.4, -0.2) is 22.5 Å². The van der Waals surface area contributed by atoms with E-state index in [2.05, 4.69) is 15.6 Å². The second-order valence-electron chi connectivity index (χ2n) is 5.28. The van der Waals surface area contributed by atoms with Gasteiger partial charge in [-0.25, -0.2) is 0 Å². The van der Waals surface area contributed by atoms with Gasteiger partial charge in [0.25, 0.3) is 0 Å². The molecule has 0 aliphatic carbocycles. The molecule has 0 aliphatic rings. The number of pyridine rings is 1. The molecule has 2 aromatic carbocycles. The van der Waals surface area contributed by atoms with Gasteiger partial charge in [-0.3, -0.25) is 9.78 Å². The number of halogens is 1. The molecule has 0 atom stereocenters. The predicted octanol–water partition coefficient (Wildman–Crippen LogP) is 3.32. The van der Waals surface area contributed by atoms with Crippen molar-refractivity contribution in [2.75, 3.05) is 11.9 Å². The minimum absolute atomic E-state index is 0.0750. The van der Waals surface area contributed by atoms with E-state index in [1.807, 2.05) is 30.3 Å². The topological polar surface area (TPSA) is 74.2 Å². The summed E-state index contributed by atoms with van der Waals surface area (Å²) in [6.07, 6.45) is 1.60. The van der Waals surface area contributed by atoms with Gasteiger partial charge in [0.05, 0.1) is 11.6 Å². The number of phenolic OH excluding ortho intramolecular Hbond substituents is 1. The highest BCUT2D eigenvalue weighted by Crippen LogP contribution is 2.32. The first kappa shape index (κ1) is 16.2. The van der Waals surface area contributed by atoms with E-state index >= 15 is 0 Å². The number of carbonyl (C=O) groups is 1. The number of fused-ring (bicyclic) bond motifs is 1. The fraction of sp³-hybridized carbons (Fsp3) is 0.111. The summed E-state index contributed by atoms with van der Waals surface area (Å²) in [5, 5.41) is 17.3. The molecule has 0 aliphatic heterocycles. The van der Waals surface area contributed by atoms with Crippen LogP contribution in [0.1, 0.15) is 5.56 Å². The Morgan fingerprint density at radius 2 is 1.96 bits per heavy atom. The van der Waals surface area contributed by atoms with Crippen molar-refractivity contribution < 1.29 is 9.90 Å². The zero-order valence-corrected chi connectivity index (χ0v) is 13.5. The van der Waals surface area contributed by atoms with Crippen LogP contribution in [0.15, 0.2) is 54.7 Å². The lowest BCUT2D eigenvalue weighted by molar-refractivity contribution is -0.115. The normalized spacial score (nSPS) is 10.7. The number of nitrogens with one attached hydrogen (secondary N) is 2. The highest BCUT2D eigenvalue weighted by molar-refractivity contribution is 6.35. The summed E-state index contributed by atoms with van der Waals surface area (Å²) in [7, 11) is 0. The van der Waals surface area contributed by atoms with Crippen molar-refractivity contribution in [2.24, 2.45) is 0 Å². The second-order valence-corrected chi connectivity index (χ2v) is 5.69. The van der Waals surface area contributed by atoms with Gasteiger partial charge in [0, 0.05) is 29.4 Å². The first-order valence-corrected chi connectivity index (χ1v) is 7.83. The number of hydrogen-bond donors (Lipinski definition) is 3. The van der Waals surface area contributed by atoms with Gasteiger partial charge < -0.3 is 15.7 Å². The summed E-state index contributed by atoms with van der Waals surface area (Å²) in [5.41, 5.74) is 1.79. The SMILES string of the molecule is O=C(CNCc1cc(Cl)c2cccnc2c1O)Nc1ccccc1. The number of hydrogen-bond acceptors (Lipinski definition) is 4. The molecule has 0 saturated carbocycles. The molecular weight excluding hydrogens is 326 g/mol. The Morgan fingerprint density at radius 3 is 2.75 bits per heavy atom. The molecule has 24 heavy (non-hydrogen) atoms. The van der Waals surface area contributed by atoms with E-state index in [4.69, 9.17) is 11.6 Å². The molecular formula is C18H16ClN3O2. The van der Waals surface area contributed by atoms with Crippen molar-refractivity contribution in [1.29, 1.82) is 0 Å². The van der Waals surface area contributed by atoms with Gasteiger partial charge in [-0.1, -0.05) is 29.8 Å². The zero-order valence-electron chi connectivity index (χ0n) is 12.8. The van der Waals surface area contributed by atoms with E-state index in [9.17, 15) is 9.90 Å². The van der Waals surface area contributed by atoms with Crippen LogP contribution in [0.4, 0.5) is 5.69 Å². The smallest absolute Gasteiger partial charge is 0.238 e. The zero-order chi connectivity index (χ0) is 16.9. The van der Waals surface area contributed by atoms with Crippen molar-refractivity contribution in [3.63, 3.8) is 0 Å². The molecule has 3 aromatic rings. The minimum atomic E-state index is -0.161. The molecule has 0 radical (unpaired) electrons. The average molecular weight is 342 g/mol. The van der Waals surface area contributed by atoms with Crippen LogP contribution in [0.5, 0.6) is 5.75 Å². The molecule has 122 valence electrons. The Morgan fingerprint density at radius 1 is 1.17 bits per heavy atom. The van der Waals surface area contributed by atoms with Crippen molar-refractivity contribution in [3.05, 3.63) is 65.3 Å². The fourth-order valence-corrected chi connectivity index (χ4v) is 2.69. The number of nitrogens with zero attached hydrogens (tertiary/aromatic N) is 1. The molecule has 3 N–H and O–H groups in total. The van der Waals surface area contributed by atoms with E-state index in [1.165, 1.54) is 0 Å². The quantitative estimate of drug-likeness (QED) is 0.665. The third-order valence-electron chi connectivity index (χ3n) is 3.55. The maximum absolute atomic E-state index is 11.9. The second kappa shape index (κ2) is 7.29. The highest BCUT2D eigenvalue weighted by atomic mass is 35.5. The van der Waals surface area contributed by atoms with Crippen LogP contribution in [0.3, 0.4) is 0 Å².